The number of nitrogens with two attached hydrogens (primary N) is 1. The number of carbonyl (C=O) groups is 3. The highest BCUT2D eigenvalue weighted by Crippen LogP contribution is 2.39. The van der Waals surface area contributed by atoms with Gasteiger partial charge in [0, 0.05) is 18.2 Å². The summed E-state index contributed by atoms with van der Waals surface area (Å²) in [5.41, 5.74) is 6.86. The molecule has 2 aliphatic heterocycles. The van der Waals surface area contributed by atoms with Gasteiger partial charge in [0.05, 0.1) is 4.90 Å². The van der Waals surface area contributed by atoms with E-state index in [1.165, 1.54) is 35.7 Å². The fourth-order valence-corrected chi connectivity index (χ4v) is 4.34. The van der Waals surface area contributed by atoms with Crippen molar-refractivity contribution in [3.05, 3.63) is 41.1 Å². The molecule has 10 nitrogen and oxygen atoms in total. The van der Waals surface area contributed by atoms with Gasteiger partial charge in [-0.3, -0.25) is 19.0 Å². The third-order valence-corrected chi connectivity index (χ3v) is 6.29. The number of thioether (sulfide) groups is 1. The van der Waals surface area contributed by atoms with Gasteiger partial charge in [-0.15, -0.1) is 11.8 Å². The molecule has 4 N–H and O–H groups in total. The van der Waals surface area contributed by atoms with Crippen LogP contribution in [0.1, 0.15) is 12.5 Å². The van der Waals surface area contributed by atoms with E-state index in [0.717, 1.165) is 5.56 Å². The summed E-state index contributed by atoms with van der Waals surface area (Å²) < 4.78 is 34.3. The van der Waals surface area contributed by atoms with Crippen LogP contribution in [0.2, 0.25) is 0 Å². The number of rotatable bonds is 4. The van der Waals surface area contributed by atoms with Crippen molar-refractivity contribution in [3.63, 3.8) is 0 Å². The molecule has 2 heterocycles. The third kappa shape index (κ3) is 5.35. The number of β-lactam (4-membered cyclic amide) rings is 1. The highest BCUT2D eigenvalue weighted by molar-refractivity contribution is 8.00. The summed E-state index contributed by atoms with van der Waals surface area (Å²) in [7, 11) is -4.02. The Kier molecular flexibility index (Phi) is 7.06. The average Bonchev–Trinajstić information content (AvgIpc) is 2.64. The Balaban J connectivity index is 0.000000234. The second kappa shape index (κ2) is 8.95. The minimum Gasteiger partial charge on any atom is -0.477 e. The van der Waals surface area contributed by atoms with Crippen molar-refractivity contribution in [3.8, 4) is 0 Å². The minimum atomic E-state index is -4.02. The van der Waals surface area contributed by atoms with Crippen molar-refractivity contribution in [1.29, 1.82) is 0 Å². The van der Waals surface area contributed by atoms with E-state index in [0.29, 0.717) is 11.3 Å². The van der Waals surface area contributed by atoms with E-state index in [4.69, 9.17) is 20.1 Å². The fraction of sp³-hybridized carbons (Fsp3) is 0.353. The van der Waals surface area contributed by atoms with E-state index < -0.39 is 34.0 Å². The van der Waals surface area contributed by atoms with Gasteiger partial charge in [-0.25, -0.2) is 4.79 Å². The summed E-state index contributed by atoms with van der Waals surface area (Å²) in [5.74, 6) is -1.73. The molecule has 1 saturated heterocycles. The Morgan fingerprint density at radius 2 is 1.90 bits per heavy atom. The SMILES string of the molecule is CC(=O)OCC1=C(C(=O)O)N2C(=O)[C@@H](N)[C@H]2SC1.Cc1ccc(S(=O)(=O)O)cc1. The van der Waals surface area contributed by atoms with Gasteiger partial charge < -0.3 is 15.6 Å². The number of hydrogen-bond donors (Lipinski definition) is 3. The van der Waals surface area contributed by atoms with E-state index in [1.54, 1.807) is 12.1 Å². The lowest BCUT2D eigenvalue weighted by Gasteiger charge is -2.47. The highest BCUT2D eigenvalue weighted by atomic mass is 32.2. The number of carbonyl (C=O) groups excluding carboxylic acids is 2. The van der Waals surface area contributed by atoms with E-state index in [-0.39, 0.29) is 22.6 Å². The number of carboxylic acid groups (broad SMARTS) is 1. The second-order valence-corrected chi connectivity index (χ2v) is 8.79. The van der Waals surface area contributed by atoms with Gasteiger partial charge >= 0.3 is 11.9 Å². The summed E-state index contributed by atoms with van der Waals surface area (Å²) in [6, 6.07) is 5.33. The molecule has 0 bridgehead atoms. The maximum absolute atomic E-state index is 11.6. The van der Waals surface area contributed by atoms with Crippen LogP contribution in [-0.4, -0.2) is 64.6 Å². The maximum Gasteiger partial charge on any atom is 0.352 e. The van der Waals surface area contributed by atoms with E-state index >= 15 is 0 Å². The Morgan fingerprint density at radius 3 is 2.38 bits per heavy atom. The van der Waals surface area contributed by atoms with E-state index in [2.05, 4.69) is 0 Å². The molecular weight excluding hydrogens is 424 g/mol. The smallest absolute Gasteiger partial charge is 0.352 e. The molecule has 1 amide bonds. The number of nitrogens with zero attached hydrogens (tertiary/aromatic N) is 1. The average molecular weight is 444 g/mol. The van der Waals surface area contributed by atoms with Crippen LogP contribution in [0.4, 0.5) is 0 Å². The highest BCUT2D eigenvalue weighted by Gasteiger charge is 2.51. The molecule has 1 fully saturated rings. The summed E-state index contributed by atoms with van der Waals surface area (Å²) in [6.07, 6.45) is 0. The zero-order valence-corrected chi connectivity index (χ0v) is 17.2. The second-order valence-electron chi connectivity index (χ2n) is 6.26. The van der Waals surface area contributed by atoms with Crippen LogP contribution in [0.25, 0.3) is 0 Å². The lowest BCUT2D eigenvalue weighted by atomic mass is 10.0. The summed E-state index contributed by atoms with van der Waals surface area (Å²) in [6.45, 7) is 2.97. The van der Waals surface area contributed by atoms with Crippen LogP contribution in [0.5, 0.6) is 0 Å². The standard InChI is InChI=1S/C10H12N2O5S.C7H8O3S/c1-4(13)17-2-5-3-18-9-6(11)8(14)12(9)7(5)10(15)16;1-6-2-4-7(5-3-6)11(8,9)10/h6,9H,2-3,11H2,1H3,(H,15,16);2-5H,1H3,(H,8,9,10)/t6-,9-;/m1./s1. The quantitative estimate of drug-likeness (QED) is 0.336. The fourth-order valence-electron chi connectivity index (χ4n) is 2.59. The van der Waals surface area contributed by atoms with Crippen LogP contribution >= 0.6 is 11.8 Å². The normalized spacial score (nSPS) is 20.8. The lowest BCUT2D eigenvalue weighted by molar-refractivity contribution is -0.148. The summed E-state index contributed by atoms with van der Waals surface area (Å²) in [5, 5.41) is 8.83. The Morgan fingerprint density at radius 1 is 1.31 bits per heavy atom. The monoisotopic (exact) mass is 444 g/mol. The predicted octanol–water partition coefficient (Wildman–Crippen LogP) is 0.372. The van der Waals surface area contributed by atoms with Crippen molar-refractivity contribution in [2.75, 3.05) is 12.4 Å². The van der Waals surface area contributed by atoms with Crippen molar-refractivity contribution in [2.24, 2.45) is 5.73 Å². The molecule has 12 heteroatoms. The van der Waals surface area contributed by atoms with E-state index in [9.17, 15) is 22.8 Å². The number of aliphatic carboxylic acids is 1. The van der Waals surface area contributed by atoms with Crippen molar-refractivity contribution in [1.82, 2.24) is 4.90 Å². The number of fused-ring (bicyclic) bond motifs is 1. The number of ether oxygens (including phenoxy) is 1. The first-order valence-corrected chi connectivity index (χ1v) is 10.8. The van der Waals surface area contributed by atoms with Crippen molar-refractivity contribution >= 4 is 39.7 Å². The molecule has 0 radical (unpaired) electrons. The Hall–Kier alpha value is -2.41. The van der Waals surface area contributed by atoms with Gasteiger partial charge in [0.15, 0.2) is 0 Å². The predicted molar refractivity (Wildman–Crippen MR) is 103 cm³/mol. The summed E-state index contributed by atoms with van der Waals surface area (Å²) in [4.78, 5) is 34.6. The first kappa shape index (κ1) is 22.9. The Bertz CT molecular complexity index is 956. The molecule has 2 atom stereocenters. The minimum absolute atomic E-state index is 0.0666. The van der Waals surface area contributed by atoms with Crippen LogP contribution in [0.3, 0.4) is 0 Å². The van der Waals surface area contributed by atoms with Gasteiger partial charge in [0.2, 0.25) is 5.91 Å². The molecule has 3 rings (SSSR count). The van der Waals surface area contributed by atoms with Gasteiger partial charge in [-0.05, 0) is 19.1 Å². The van der Waals surface area contributed by atoms with E-state index in [1.807, 2.05) is 6.92 Å². The topological polar surface area (TPSA) is 164 Å². The molecule has 1 aromatic rings. The lowest BCUT2D eigenvalue weighted by Crippen LogP contribution is -2.68. The number of carboxylic acids is 1. The molecule has 0 aliphatic carbocycles. The van der Waals surface area contributed by atoms with Crippen LogP contribution in [0.15, 0.2) is 40.4 Å². The van der Waals surface area contributed by atoms with Gasteiger partial charge in [0.1, 0.15) is 23.7 Å². The van der Waals surface area contributed by atoms with Gasteiger partial charge in [0.25, 0.3) is 10.1 Å². The third-order valence-electron chi connectivity index (χ3n) is 4.06. The van der Waals surface area contributed by atoms with Crippen molar-refractivity contribution in [2.45, 2.75) is 30.2 Å². The maximum atomic E-state index is 11.6. The molecule has 0 saturated carbocycles. The van der Waals surface area contributed by atoms with Crippen LogP contribution in [-0.2, 0) is 29.2 Å². The van der Waals surface area contributed by atoms with Gasteiger partial charge in [-0.1, -0.05) is 17.7 Å². The molecule has 29 heavy (non-hydrogen) atoms. The van der Waals surface area contributed by atoms with Crippen molar-refractivity contribution < 1.29 is 37.2 Å². The molecule has 0 aromatic heterocycles. The number of hydrogen-bond acceptors (Lipinski definition) is 8. The zero-order chi connectivity index (χ0) is 21.9. The first-order valence-electron chi connectivity index (χ1n) is 8.26. The number of benzene rings is 1. The number of esters is 1. The largest absolute Gasteiger partial charge is 0.477 e. The molecule has 0 unspecified atom stereocenters. The molecule has 2 aliphatic rings. The number of aryl methyl sites for hydroxylation is 1. The zero-order valence-electron chi connectivity index (χ0n) is 15.6. The molecule has 0 spiro atoms. The van der Waals surface area contributed by atoms with Crippen LogP contribution in [0, 0.1) is 6.92 Å². The molecule has 1 aromatic carbocycles. The van der Waals surface area contributed by atoms with Gasteiger partial charge in [-0.2, -0.15) is 8.42 Å². The molecule has 158 valence electrons. The molecular formula is C17H20N2O8S2. The van der Waals surface area contributed by atoms with Crippen LogP contribution < -0.4 is 5.73 Å². The first-order chi connectivity index (χ1) is 13.4. The Labute approximate surface area is 171 Å². The summed E-state index contributed by atoms with van der Waals surface area (Å²) >= 11 is 1.37. The number of amides is 1.